The van der Waals surface area contributed by atoms with Crippen LogP contribution >= 0.6 is 0 Å². The van der Waals surface area contributed by atoms with E-state index in [1.807, 2.05) is 36.1 Å². The van der Waals surface area contributed by atoms with E-state index in [4.69, 9.17) is 0 Å². The summed E-state index contributed by atoms with van der Waals surface area (Å²) in [6.45, 7) is 2.90. The summed E-state index contributed by atoms with van der Waals surface area (Å²) in [5, 5.41) is 9.03. The lowest BCUT2D eigenvalue weighted by molar-refractivity contribution is 0.746. The Kier molecular flexibility index (Phi) is 3.37. The van der Waals surface area contributed by atoms with Gasteiger partial charge in [0.1, 0.15) is 0 Å². The Morgan fingerprint density at radius 3 is 2.95 bits per heavy atom. The molecule has 0 unspecified atom stereocenters. The number of pyridine rings is 1. The van der Waals surface area contributed by atoms with Gasteiger partial charge in [-0.3, -0.25) is 9.67 Å². The number of para-hydroxylation sites is 1. The van der Waals surface area contributed by atoms with Gasteiger partial charge in [0.25, 0.3) is 0 Å². The van der Waals surface area contributed by atoms with Gasteiger partial charge in [0, 0.05) is 30.7 Å². The molecular formula is C16H18N4. The molecule has 3 rings (SSSR count). The van der Waals surface area contributed by atoms with Crippen LogP contribution in [0.25, 0.3) is 10.9 Å². The number of fused-ring (bicyclic) bond motifs is 1. The fourth-order valence-electron chi connectivity index (χ4n) is 2.39. The molecule has 2 aromatic heterocycles. The van der Waals surface area contributed by atoms with Crippen molar-refractivity contribution in [2.24, 2.45) is 7.05 Å². The molecule has 0 aliphatic heterocycles. The Labute approximate surface area is 118 Å². The maximum atomic E-state index is 4.46. The lowest BCUT2D eigenvalue weighted by Gasteiger charge is -2.06. The number of aryl methyl sites for hydroxylation is 2. The van der Waals surface area contributed by atoms with E-state index in [2.05, 4.69) is 40.7 Å². The largest absolute Gasteiger partial charge is 0.380 e. The van der Waals surface area contributed by atoms with E-state index in [1.54, 1.807) is 0 Å². The van der Waals surface area contributed by atoms with Gasteiger partial charge in [-0.1, -0.05) is 25.1 Å². The molecule has 0 spiro atoms. The number of nitrogens with one attached hydrogen (secondary N) is 1. The van der Waals surface area contributed by atoms with E-state index in [0.29, 0.717) is 0 Å². The minimum absolute atomic E-state index is 0.775. The molecule has 0 atom stereocenters. The molecule has 3 aromatic rings. The minimum atomic E-state index is 0.775. The molecule has 0 amide bonds. The average Bonchev–Trinajstić information content (AvgIpc) is 2.85. The van der Waals surface area contributed by atoms with Crippen molar-refractivity contribution in [2.75, 3.05) is 5.32 Å². The van der Waals surface area contributed by atoms with Crippen LogP contribution in [-0.2, 0) is 20.0 Å². The maximum absolute atomic E-state index is 4.46. The molecule has 4 nitrogen and oxygen atoms in total. The number of hydrogen-bond acceptors (Lipinski definition) is 3. The first-order chi connectivity index (χ1) is 9.76. The lowest BCUT2D eigenvalue weighted by atomic mass is 10.2. The highest BCUT2D eigenvalue weighted by atomic mass is 15.3. The van der Waals surface area contributed by atoms with E-state index in [9.17, 15) is 0 Å². The molecule has 20 heavy (non-hydrogen) atoms. The first-order valence-electron chi connectivity index (χ1n) is 6.86. The van der Waals surface area contributed by atoms with Crippen molar-refractivity contribution in [3.63, 3.8) is 0 Å². The predicted molar refractivity (Wildman–Crippen MR) is 81.7 cm³/mol. The molecule has 2 heterocycles. The smallest absolute Gasteiger partial charge is 0.0703 e. The summed E-state index contributed by atoms with van der Waals surface area (Å²) < 4.78 is 1.87. The van der Waals surface area contributed by atoms with E-state index in [0.717, 1.165) is 35.2 Å². The number of nitrogens with zero attached hydrogens (tertiary/aromatic N) is 3. The molecule has 4 heteroatoms. The van der Waals surface area contributed by atoms with Gasteiger partial charge >= 0.3 is 0 Å². The van der Waals surface area contributed by atoms with Crippen molar-refractivity contribution < 1.29 is 0 Å². The second kappa shape index (κ2) is 5.33. The molecule has 0 saturated heterocycles. The number of aromatic nitrogens is 3. The quantitative estimate of drug-likeness (QED) is 0.789. The average molecular weight is 266 g/mol. The van der Waals surface area contributed by atoms with Crippen LogP contribution in [-0.4, -0.2) is 14.8 Å². The third-order valence-corrected chi connectivity index (χ3v) is 3.40. The highest BCUT2D eigenvalue weighted by molar-refractivity contribution is 5.81. The zero-order valence-corrected chi connectivity index (χ0v) is 11.8. The van der Waals surface area contributed by atoms with Crippen molar-refractivity contribution in [1.82, 2.24) is 14.8 Å². The summed E-state index contributed by atoms with van der Waals surface area (Å²) >= 11 is 0. The van der Waals surface area contributed by atoms with Gasteiger partial charge < -0.3 is 5.32 Å². The first-order valence-corrected chi connectivity index (χ1v) is 6.86. The molecule has 0 bridgehead atoms. The highest BCUT2D eigenvalue weighted by Gasteiger charge is 2.05. The Morgan fingerprint density at radius 1 is 1.25 bits per heavy atom. The van der Waals surface area contributed by atoms with Crippen molar-refractivity contribution in [3.05, 3.63) is 54.0 Å². The Bertz CT molecular complexity index is 730. The van der Waals surface area contributed by atoms with Gasteiger partial charge in [-0.15, -0.1) is 0 Å². The summed E-state index contributed by atoms with van der Waals surface area (Å²) in [4.78, 5) is 4.46. The summed E-state index contributed by atoms with van der Waals surface area (Å²) in [5.41, 5.74) is 4.44. The maximum Gasteiger partial charge on any atom is 0.0703 e. The second-order valence-corrected chi connectivity index (χ2v) is 4.90. The van der Waals surface area contributed by atoms with Crippen LogP contribution in [0.1, 0.15) is 18.2 Å². The summed E-state index contributed by atoms with van der Waals surface area (Å²) in [6.07, 6.45) is 4.90. The van der Waals surface area contributed by atoms with Crippen LogP contribution in [0.3, 0.4) is 0 Å². The summed E-state index contributed by atoms with van der Waals surface area (Å²) in [5.74, 6) is 0. The van der Waals surface area contributed by atoms with E-state index in [-0.39, 0.29) is 0 Å². The van der Waals surface area contributed by atoms with Crippen LogP contribution < -0.4 is 5.32 Å². The van der Waals surface area contributed by atoms with Gasteiger partial charge in [-0.25, -0.2) is 0 Å². The summed E-state index contributed by atoms with van der Waals surface area (Å²) in [7, 11) is 1.96. The van der Waals surface area contributed by atoms with Gasteiger partial charge in [0.05, 0.1) is 23.1 Å². The normalized spacial score (nSPS) is 10.9. The van der Waals surface area contributed by atoms with Crippen LogP contribution in [0, 0.1) is 0 Å². The van der Waals surface area contributed by atoms with Crippen LogP contribution in [0.5, 0.6) is 0 Å². The first kappa shape index (κ1) is 12.7. The fourth-order valence-corrected chi connectivity index (χ4v) is 2.39. The van der Waals surface area contributed by atoms with Crippen LogP contribution in [0.2, 0.25) is 0 Å². The topological polar surface area (TPSA) is 42.7 Å². The fraction of sp³-hybridized carbons (Fsp3) is 0.250. The third-order valence-electron chi connectivity index (χ3n) is 3.40. The van der Waals surface area contributed by atoms with Crippen LogP contribution in [0.15, 0.2) is 42.7 Å². The van der Waals surface area contributed by atoms with Crippen molar-refractivity contribution in [3.8, 4) is 0 Å². The highest BCUT2D eigenvalue weighted by Crippen LogP contribution is 2.17. The van der Waals surface area contributed by atoms with E-state index >= 15 is 0 Å². The number of anilines is 1. The Balaban J connectivity index is 1.79. The minimum Gasteiger partial charge on any atom is -0.380 e. The molecule has 0 saturated carbocycles. The molecule has 0 fully saturated rings. The predicted octanol–water partition coefficient (Wildman–Crippen LogP) is 3.14. The van der Waals surface area contributed by atoms with Crippen LogP contribution in [0.4, 0.5) is 5.69 Å². The SMILES string of the molecule is CCc1nn(C)cc1CNc1cnc2ccccc2c1. The zero-order chi connectivity index (χ0) is 13.9. The van der Waals surface area contributed by atoms with Crippen molar-refractivity contribution in [1.29, 1.82) is 0 Å². The number of rotatable bonds is 4. The Hall–Kier alpha value is -2.36. The zero-order valence-electron chi connectivity index (χ0n) is 11.8. The monoisotopic (exact) mass is 266 g/mol. The Morgan fingerprint density at radius 2 is 2.10 bits per heavy atom. The number of benzene rings is 1. The molecule has 0 aliphatic rings. The third kappa shape index (κ3) is 2.50. The number of hydrogen-bond donors (Lipinski definition) is 1. The molecule has 1 aromatic carbocycles. The molecular weight excluding hydrogens is 248 g/mol. The van der Waals surface area contributed by atoms with Gasteiger partial charge in [0.15, 0.2) is 0 Å². The van der Waals surface area contributed by atoms with Gasteiger partial charge in [-0.2, -0.15) is 5.10 Å². The van der Waals surface area contributed by atoms with E-state index < -0.39 is 0 Å². The molecule has 1 N–H and O–H groups in total. The standard InChI is InChI=1S/C16H18N4/c1-3-15-13(11-20(2)19-15)9-17-14-8-12-6-4-5-7-16(12)18-10-14/h4-8,10-11,17H,3,9H2,1-2H3. The molecule has 0 radical (unpaired) electrons. The molecule has 102 valence electrons. The lowest BCUT2D eigenvalue weighted by Crippen LogP contribution is -2.01. The molecule has 0 aliphatic carbocycles. The van der Waals surface area contributed by atoms with Gasteiger partial charge in [-0.05, 0) is 18.6 Å². The van der Waals surface area contributed by atoms with E-state index in [1.165, 1.54) is 5.56 Å². The van der Waals surface area contributed by atoms with Crippen molar-refractivity contribution >= 4 is 16.6 Å². The second-order valence-electron chi connectivity index (χ2n) is 4.90. The van der Waals surface area contributed by atoms with Crippen molar-refractivity contribution in [2.45, 2.75) is 19.9 Å². The van der Waals surface area contributed by atoms with Gasteiger partial charge in [0.2, 0.25) is 0 Å². The summed E-state index contributed by atoms with van der Waals surface area (Å²) in [6, 6.07) is 10.3.